The average Bonchev–Trinajstić information content (AvgIpc) is 1.26. The van der Waals surface area contributed by atoms with Crippen LogP contribution in [0, 0.1) is 24.2 Å². The van der Waals surface area contributed by atoms with Crippen LogP contribution in [0.15, 0.2) is 55.5 Å². The zero-order chi connectivity index (χ0) is 69.5. The lowest BCUT2D eigenvalue weighted by atomic mass is 9.89. The van der Waals surface area contributed by atoms with E-state index in [0.29, 0.717) is 55.5 Å². The lowest BCUT2D eigenvalue weighted by molar-refractivity contribution is -0.140. The van der Waals surface area contributed by atoms with E-state index >= 15 is 4.79 Å². The maximum absolute atomic E-state index is 15.1. The number of aliphatic hydroxyl groups is 1. The van der Waals surface area contributed by atoms with Crippen LogP contribution in [-0.4, -0.2) is 166 Å². The predicted molar refractivity (Wildman–Crippen MR) is 345 cm³/mol. The van der Waals surface area contributed by atoms with Crippen LogP contribution in [-0.2, 0) is 76.8 Å². The average molecular weight is 1310 g/mol. The minimum atomic E-state index is -1.90. The molecule has 3 aromatic heterocycles. The fourth-order valence-corrected chi connectivity index (χ4v) is 10.8. The molecule has 1 aromatic carbocycles. The van der Waals surface area contributed by atoms with Crippen molar-refractivity contribution in [3.8, 4) is 12.3 Å². The summed E-state index contributed by atoms with van der Waals surface area (Å²) in [4.78, 5) is 185. The van der Waals surface area contributed by atoms with Gasteiger partial charge in [0.25, 0.3) is 0 Å². The number of para-hydroxylation sites is 1. The number of hydrogen-bond acceptors (Lipinski definition) is 15. The van der Waals surface area contributed by atoms with Crippen molar-refractivity contribution in [2.45, 2.75) is 217 Å². The number of nitrogens with two attached hydrogens (primary N) is 2. The molecule has 94 heavy (non-hydrogen) atoms. The summed E-state index contributed by atoms with van der Waals surface area (Å²) >= 11 is 0. The monoisotopic (exact) mass is 1310 g/mol. The molecule has 1 aliphatic rings. The first-order valence-corrected chi connectivity index (χ1v) is 31.7. The highest BCUT2D eigenvalue weighted by atomic mass is 16.3. The summed E-state index contributed by atoms with van der Waals surface area (Å²) in [5.74, 6) is -9.07. The summed E-state index contributed by atoms with van der Waals surface area (Å²) in [5.41, 5.74) is 9.92. The number of carbonyl (C=O) groups excluding carboxylic acids is 12. The van der Waals surface area contributed by atoms with Crippen LogP contribution in [0.1, 0.15) is 149 Å². The number of terminal acetylenes is 1. The van der Waals surface area contributed by atoms with Crippen LogP contribution < -0.4 is 64.6 Å². The van der Waals surface area contributed by atoms with Crippen molar-refractivity contribution in [3.05, 3.63) is 72.5 Å². The fourth-order valence-electron chi connectivity index (χ4n) is 10.8. The summed E-state index contributed by atoms with van der Waals surface area (Å²) in [6, 6.07) is -4.20. The number of H-pyrrole nitrogens is 3. The summed E-state index contributed by atoms with van der Waals surface area (Å²) in [5, 5.41) is 38.4. The van der Waals surface area contributed by atoms with E-state index in [9.17, 15) is 57.8 Å². The largest absolute Gasteiger partial charge is 0.391 e. The third-order valence-electron chi connectivity index (χ3n) is 16.8. The van der Waals surface area contributed by atoms with Crippen LogP contribution in [0.5, 0.6) is 0 Å². The van der Waals surface area contributed by atoms with E-state index in [4.69, 9.17) is 17.9 Å². The number of aromatic nitrogens is 5. The van der Waals surface area contributed by atoms with Gasteiger partial charge in [-0.2, -0.15) is 0 Å². The normalized spacial score (nSPS) is 21.8. The first-order valence-electron chi connectivity index (χ1n) is 31.7. The molecule has 4 aromatic rings. The summed E-state index contributed by atoms with van der Waals surface area (Å²) < 4.78 is 0. The minimum absolute atomic E-state index is 0.00131. The van der Waals surface area contributed by atoms with Crippen LogP contribution >= 0.6 is 0 Å². The molecule has 0 aliphatic carbocycles. The molecular formula is C64H93N17O13. The van der Waals surface area contributed by atoms with Crippen molar-refractivity contribution in [2.24, 2.45) is 23.3 Å². The fraction of sp³-hybridized carbons (Fsp3) is 0.562. The molecule has 512 valence electrons. The van der Waals surface area contributed by atoms with Crippen molar-refractivity contribution in [2.75, 3.05) is 0 Å². The number of aliphatic hydroxyl groups excluding tert-OH is 1. The van der Waals surface area contributed by atoms with Gasteiger partial charge in [0, 0.05) is 73.0 Å². The Kier molecular flexibility index (Phi) is 28.3. The number of rotatable bonds is 26. The van der Waals surface area contributed by atoms with E-state index in [2.05, 4.69) is 84.0 Å². The molecule has 0 bridgehead atoms. The lowest BCUT2D eigenvalue weighted by Crippen LogP contribution is -2.66. The first-order chi connectivity index (χ1) is 44.5. The van der Waals surface area contributed by atoms with Crippen LogP contribution in [0.2, 0.25) is 0 Å². The quantitative estimate of drug-likeness (QED) is 0.0345. The Balaban J connectivity index is 1.44. The number of fused-ring (bicyclic) bond motifs is 1. The highest BCUT2D eigenvalue weighted by molar-refractivity contribution is 6.01. The van der Waals surface area contributed by atoms with Gasteiger partial charge in [-0.1, -0.05) is 90.8 Å². The van der Waals surface area contributed by atoms with E-state index in [1.165, 1.54) is 52.7 Å². The highest BCUT2D eigenvalue weighted by Gasteiger charge is 2.43. The van der Waals surface area contributed by atoms with Gasteiger partial charge in [-0.3, -0.25) is 57.5 Å². The van der Waals surface area contributed by atoms with Crippen LogP contribution in [0.4, 0.5) is 0 Å². The van der Waals surface area contributed by atoms with Gasteiger partial charge >= 0.3 is 0 Å². The molecular weight excluding hydrogens is 1210 g/mol. The Morgan fingerprint density at radius 2 is 1.30 bits per heavy atom. The van der Waals surface area contributed by atoms with Gasteiger partial charge in [0.2, 0.25) is 70.9 Å². The predicted octanol–water partition coefficient (Wildman–Crippen LogP) is -0.719. The van der Waals surface area contributed by atoms with Crippen LogP contribution in [0.25, 0.3) is 10.9 Å². The van der Waals surface area contributed by atoms with Gasteiger partial charge in [-0.05, 0) is 64.0 Å². The number of benzene rings is 1. The van der Waals surface area contributed by atoms with Crippen LogP contribution in [0.3, 0.4) is 0 Å². The van der Waals surface area contributed by atoms with E-state index in [0.717, 1.165) is 10.9 Å². The molecule has 1 saturated heterocycles. The zero-order valence-corrected chi connectivity index (χ0v) is 54.6. The van der Waals surface area contributed by atoms with Gasteiger partial charge in [0.05, 0.1) is 25.2 Å². The van der Waals surface area contributed by atoms with Crippen molar-refractivity contribution in [3.63, 3.8) is 0 Å². The summed E-state index contributed by atoms with van der Waals surface area (Å²) in [6.45, 7) is 12.1. The molecule has 12 amide bonds. The number of carbonyl (C=O) groups is 12. The lowest BCUT2D eigenvalue weighted by Gasteiger charge is -2.34. The van der Waals surface area contributed by atoms with Gasteiger partial charge < -0.3 is 84.7 Å². The molecule has 30 nitrogen and oxygen atoms in total. The molecule has 30 heteroatoms. The third kappa shape index (κ3) is 22.0. The number of primary amides is 2. The second kappa shape index (κ2) is 35.4. The number of amides is 12. The number of imidazole rings is 2. The van der Waals surface area contributed by atoms with E-state index in [1.54, 1.807) is 33.9 Å². The second-order valence-corrected chi connectivity index (χ2v) is 25.0. The second-order valence-electron chi connectivity index (χ2n) is 25.0. The third-order valence-corrected chi connectivity index (χ3v) is 16.8. The zero-order valence-electron chi connectivity index (χ0n) is 54.6. The number of aromatic amines is 3. The Hall–Kier alpha value is -9.66. The van der Waals surface area contributed by atoms with E-state index in [1.807, 2.05) is 24.3 Å². The Morgan fingerprint density at radius 1 is 0.702 bits per heavy atom. The van der Waals surface area contributed by atoms with Gasteiger partial charge in [0.1, 0.15) is 59.4 Å². The van der Waals surface area contributed by atoms with E-state index < -0.39 is 155 Å². The molecule has 12 atom stereocenters. The van der Waals surface area contributed by atoms with Gasteiger partial charge in [-0.15, -0.1) is 12.3 Å². The first kappa shape index (κ1) is 75.1. The number of nitrogens with one attached hydrogen (secondary N) is 13. The maximum Gasteiger partial charge on any atom is 0.246 e. The van der Waals surface area contributed by atoms with Crippen molar-refractivity contribution in [1.82, 2.24) is 78.1 Å². The molecule has 0 unspecified atom stereocenters. The van der Waals surface area contributed by atoms with Crippen molar-refractivity contribution >= 4 is 81.8 Å². The minimum Gasteiger partial charge on any atom is -0.391 e. The Morgan fingerprint density at radius 3 is 1.88 bits per heavy atom. The standard InChI is InChI=1S/C64H93N17O13/c1-10-12-23-49(84)77-50(35(3)4)59(91)80-63(8)24-19-15-13-14-16-20-25-64(9,81-60(92)52(38(7)82)79-54(86)37(6)72-55(87)47(29-48(65)83)76-62(63)94)61(93)75-46(28-41-32-68-34-71-41)57(89)78-51(36(5)11-2)58(90)74-45(26-39-30-69-43-22-18-17-21-42(39)43)56(88)73-44(53(66)85)27-40-31-67-33-70-40/h1,17-18,21-22,30-38,44-47,50-52,69,82H,11-16,19-20,23-29H2,2-9H3,(H2,65,83)(H2,66,85)(H,67,70)(H,68,71)(H,72,87)(H,73,88)(H,74,90)(H,75,93)(H,76,94)(H,77,84)(H,78,89)(H,79,86)(H,80,91)(H,81,92)/t36-,37-,38+,44-,45-,46-,47-,50-,51-,52-,63-,64-/m0/s1. The van der Waals surface area contributed by atoms with Crippen molar-refractivity contribution < 1.29 is 62.6 Å². The molecule has 4 heterocycles. The topological polar surface area (TPSA) is 471 Å². The molecule has 1 aliphatic heterocycles. The molecule has 1 fully saturated rings. The van der Waals surface area contributed by atoms with Crippen molar-refractivity contribution in [1.29, 1.82) is 0 Å². The Labute approximate surface area is 545 Å². The molecule has 18 N–H and O–H groups in total. The Bertz CT molecular complexity index is 3330. The smallest absolute Gasteiger partial charge is 0.246 e. The van der Waals surface area contributed by atoms with Gasteiger partial charge in [0.15, 0.2) is 0 Å². The van der Waals surface area contributed by atoms with E-state index in [-0.39, 0.29) is 51.4 Å². The number of nitrogens with zero attached hydrogens (tertiary/aromatic N) is 2. The highest BCUT2D eigenvalue weighted by Crippen LogP contribution is 2.24. The molecule has 0 saturated carbocycles. The molecule has 0 spiro atoms. The number of hydrogen-bond donors (Lipinski definition) is 16. The summed E-state index contributed by atoms with van der Waals surface area (Å²) in [6.07, 6.45) is 13.0. The maximum atomic E-state index is 15.1. The van der Waals surface area contributed by atoms with Gasteiger partial charge in [-0.25, -0.2) is 9.97 Å². The molecule has 0 radical (unpaired) electrons. The summed E-state index contributed by atoms with van der Waals surface area (Å²) in [7, 11) is 0. The SMILES string of the molecule is C#CCCC(=O)N[C@H](C(=O)N[C@@]1(C)CCCCCCCC[C@@](C)(C(=O)N[C@@H](Cc2cnc[nH]2)C(=O)N[C@H](C(=O)N[C@@H](Cc2c[nH]c3ccccc23)C(=O)N[C@@H](Cc2cnc[nH]2)C(N)=O)[C@@H](C)CC)NC(=O)[C@H]([C@@H](C)O)NC(=O)[C@H](C)NC(=O)[C@H](CC(N)=O)NC1=O)C(C)C. The molecule has 5 rings (SSSR count).